The van der Waals surface area contributed by atoms with E-state index in [-0.39, 0.29) is 47.6 Å². The van der Waals surface area contributed by atoms with Crippen molar-refractivity contribution in [1.82, 2.24) is 9.88 Å². The molecule has 1 saturated carbocycles. The van der Waals surface area contributed by atoms with Crippen LogP contribution in [0.5, 0.6) is 0 Å². The molecule has 176 valence electrons. The Bertz CT molecular complexity index is 1300. The number of hydrogen-bond donors (Lipinski definition) is 2. The number of nitrogens with one attached hydrogen (secondary N) is 1. The van der Waals surface area contributed by atoms with Gasteiger partial charge in [-0.1, -0.05) is 48.5 Å². The number of aromatic nitrogens is 1. The first kappa shape index (κ1) is 21.3. The fourth-order valence-corrected chi connectivity index (χ4v) is 5.63. The number of piperidine rings is 1. The number of hydrogen-bond acceptors (Lipinski definition) is 5. The minimum Gasteiger partial charge on any atom is -0.481 e. The monoisotopic (exact) mass is 469 g/mol. The van der Waals surface area contributed by atoms with Gasteiger partial charge >= 0.3 is 12.1 Å². The van der Waals surface area contributed by atoms with Crippen LogP contribution < -0.4 is 5.32 Å². The summed E-state index contributed by atoms with van der Waals surface area (Å²) in [4.78, 5) is 42.8. The van der Waals surface area contributed by atoms with Gasteiger partial charge in [0.15, 0.2) is 5.69 Å². The van der Waals surface area contributed by atoms with Gasteiger partial charge in [-0.15, -0.1) is 0 Å². The second kappa shape index (κ2) is 8.23. The molecule has 3 aliphatic rings. The van der Waals surface area contributed by atoms with Crippen LogP contribution >= 0.6 is 0 Å². The third-order valence-corrected chi connectivity index (χ3v) is 7.36. The average molecular weight is 469 g/mol. The Hall–Kier alpha value is -4.20. The van der Waals surface area contributed by atoms with E-state index >= 15 is 0 Å². The molecule has 0 bridgehead atoms. The summed E-state index contributed by atoms with van der Waals surface area (Å²) < 4.78 is 5.60. The standard InChI is InChI=1S/C27H23N3O5/c31-25(30-12-19-20(13-30)23(19)26(32)33)24-22(10-5-11-28-24)29-27(34)35-14-21-17-8-3-1-6-15(17)16-7-2-4-9-18(16)21/h1-11,19-21,23H,12-14H2,(H,29,34)(H,32,33)/t19-,20+,23?. The molecule has 2 heterocycles. The topological polar surface area (TPSA) is 109 Å². The van der Waals surface area contributed by atoms with Crippen molar-refractivity contribution < 1.29 is 24.2 Å². The highest BCUT2D eigenvalue weighted by molar-refractivity contribution is 6.01. The molecule has 8 nitrogen and oxygen atoms in total. The van der Waals surface area contributed by atoms with Gasteiger partial charge in [0.25, 0.3) is 5.91 Å². The third-order valence-electron chi connectivity index (χ3n) is 7.36. The fourth-order valence-electron chi connectivity index (χ4n) is 5.63. The Kier molecular flexibility index (Phi) is 5.02. The largest absolute Gasteiger partial charge is 0.481 e. The number of carboxylic acids is 1. The first-order chi connectivity index (χ1) is 17.0. The van der Waals surface area contributed by atoms with Crippen LogP contribution in [0.4, 0.5) is 10.5 Å². The normalized spacial score (nSPS) is 21.6. The number of rotatable bonds is 5. The number of benzene rings is 2. The molecule has 2 aliphatic carbocycles. The molecule has 2 amide bonds. The van der Waals surface area contributed by atoms with Crippen molar-refractivity contribution in [2.45, 2.75) is 5.92 Å². The van der Waals surface area contributed by atoms with E-state index in [9.17, 15) is 19.5 Å². The molecular weight excluding hydrogens is 446 g/mol. The van der Waals surface area contributed by atoms with Gasteiger partial charge in [0, 0.05) is 25.2 Å². The van der Waals surface area contributed by atoms with Crippen LogP contribution in [0.3, 0.4) is 0 Å². The van der Waals surface area contributed by atoms with E-state index in [2.05, 4.69) is 34.6 Å². The number of carboxylic acid groups (broad SMARTS) is 1. The van der Waals surface area contributed by atoms with Crippen LogP contribution in [0, 0.1) is 17.8 Å². The summed E-state index contributed by atoms with van der Waals surface area (Å²) in [6, 6.07) is 19.4. The van der Waals surface area contributed by atoms with Gasteiger partial charge < -0.3 is 14.7 Å². The van der Waals surface area contributed by atoms with E-state index in [0.717, 1.165) is 22.3 Å². The quantitative estimate of drug-likeness (QED) is 0.588. The van der Waals surface area contributed by atoms with Crippen molar-refractivity contribution >= 4 is 23.7 Å². The first-order valence-electron chi connectivity index (χ1n) is 11.6. The number of aliphatic carboxylic acids is 1. The van der Waals surface area contributed by atoms with Crippen LogP contribution in [0.15, 0.2) is 66.9 Å². The highest BCUT2D eigenvalue weighted by atomic mass is 16.5. The zero-order valence-corrected chi connectivity index (χ0v) is 18.8. The summed E-state index contributed by atoms with van der Waals surface area (Å²) in [5, 5.41) is 11.9. The number of likely N-dealkylation sites (tertiary alicyclic amines) is 1. The molecule has 2 N–H and O–H groups in total. The second-order valence-electron chi connectivity index (χ2n) is 9.25. The Labute approximate surface area is 201 Å². The SMILES string of the molecule is O=C(Nc1cccnc1C(=O)N1C[C@@H]2C(C(=O)O)[C@@H]2C1)OCC1c2ccccc2-c2ccccc21. The van der Waals surface area contributed by atoms with Gasteiger partial charge in [-0.2, -0.15) is 0 Å². The minimum atomic E-state index is -0.803. The Balaban J connectivity index is 1.13. The summed E-state index contributed by atoms with van der Waals surface area (Å²) in [6.07, 6.45) is 0.830. The van der Waals surface area contributed by atoms with Gasteiger partial charge in [-0.3, -0.25) is 14.9 Å². The second-order valence-corrected chi connectivity index (χ2v) is 9.25. The lowest BCUT2D eigenvalue weighted by Crippen LogP contribution is -2.34. The van der Waals surface area contributed by atoms with Crippen molar-refractivity contribution in [3.05, 3.63) is 83.7 Å². The number of nitrogens with zero attached hydrogens (tertiary/aromatic N) is 2. The van der Waals surface area contributed by atoms with Crippen molar-refractivity contribution in [3.8, 4) is 11.1 Å². The number of carbonyl (C=O) groups excluding carboxylic acids is 2. The van der Waals surface area contributed by atoms with E-state index in [4.69, 9.17) is 4.74 Å². The molecule has 35 heavy (non-hydrogen) atoms. The molecule has 6 rings (SSSR count). The molecule has 0 spiro atoms. The predicted octanol–water partition coefficient (Wildman–Crippen LogP) is 3.85. The molecule has 2 aromatic carbocycles. The molecule has 3 atom stereocenters. The highest BCUT2D eigenvalue weighted by Crippen LogP contribution is 2.52. The Morgan fingerprint density at radius 1 is 0.943 bits per heavy atom. The Morgan fingerprint density at radius 2 is 1.57 bits per heavy atom. The maximum absolute atomic E-state index is 13.1. The molecule has 1 unspecified atom stereocenters. The summed E-state index contributed by atoms with van der Waals surface area (Å²) in [5.41, 5.74) is 4.91. The number of carbonyl (C=O) groups is 3. The Morgan fingerprint density at radius 3 is 2.20 bits per heavy atom. The third kappa shape index (κ3) is 3.62. The van der Waals surface area contributed by atoms with Gasteiger partial charge in [-0.25, -0.2) is 9.78 Å². The van der Waals surface area contributed by atoms with E-state index in [1.807, 2.05) is 24.3 Å². The highest BCUT2D eigenvalue weighted by Gasteiger charge is 2.60. The number of anilines is 1. The molecule has 1 aromatic heterocycles. The lowest BCUT2D eigenvalue weighted by atomic mass is 9.98. The van der Waals surface area contributed by atoms with Crippen molar-refractivity contribution in [2.75, 3.05) is 25.0 Å². The first-order valence-corrected chi connectivity index (χ1v) is 11.6. The van der Waals surface area contributed by atoms with Crippen LogP contribution in [0.1, 0.15) is 27.5 Å². The molecule has 0 radical (unpaired) electrons. The predicted molar refractivity (Wildman–Crippen MR) is 127 cm³/mol. The molecule has 1 aliphatic heterocycles. The number of fused-ring (bicyclic) bond motifs is 4. The summed E-state index contributed by atoms with van der Waals surface area (Å²) >= 11 is 0. The fraction of sp³-hybridized carbons (Fsp3) is 0.259. The zero-order valence-electron chi connectivity index (χ0n) is 18.8. The van der Waals surface area contributed by atoms with Gasteiger partial charge in [-0.05, 0) is 46.2 Å². The van der Waals surface area contributed by atoms with E-state index in [1.54, 1.807) is 17.0 Å². The average Bonchev–Trinajstić information content (AvgIpc) is 3.22. The summed E-state index contributed by atoms with van der Waals surface area (Å²) in [5.74, 6) is -1.56. The molecule has 3 aromatic rings. The summed E-state index contributed by atoms with van der Waals surface area (Å²) in [7, 11) is 0. The van der Waals surface area contributed by atoms with Crippen LogP contribution in [0.25, 0.3) is 11.1 Å². The molecule has 8 heteroatoms. The van der Waals surface area contributed by atoms with Gasteiger partial charge in [0.1, 0.15) is 6.61 Å². The van der Waals surface area contributed by atoms with Crippen LogP contribution in [-0.2, 0) is 9.53 Å². The minimum absolute atomic E-state index is 0.00120. The smallest absolute Gasteiger partial charge is 0.411 e. The van der Waals surface area contributed by atoms with E-state index in [1.165, 1.54) is 6.20 Å². The van der Waals surface area contributed by atoms with Gasteiger partial charge in [0.2, 0.25) is 0 Å². The molecule has 1 saturated heterocycles. The number of ether oxygens (including phenoxy) is 1. The maximum Gasteiger partial charge on any atom is 0.411 e. The summed E-state index contributed by atoms with van der Waals surface area (Å²) in [6.45, 7) is 0.943. The van der Waals surface area contributed by atoms with Crippen molar-refractivity contribution in [2.24, 2.45) is 17.8 Å². The molecule has 2 fully saturated rings. The zero-order chi connectivity index (χ0) is 24.1. The lowest BCUT2D eigenvalue weighted by molar-refractivity contribution is -0.139. The van der Waals surface area contributed by atoms with E-state index < -0.39 is 12.1 Å². The van der Waals surface area contributed by atoms with Crippen molar-refractivity contribution in [3.63, 3.8) is 0 Å². The van der Waals surface area contributed by atoms with E-state index in [0.29, 0.717) is 13.1 Å². The number of amides is 2. The van der Waals surface area contributed by atoms with Crippen LogP contribution in [0.2, 0.25) is 0 Å². The number of pyridine rings is 1. The van der Waals surface area contributed by atoms with Crippen molar-refractivity contribution in [1.29, 1.82) is 0 Å². The van der Waals surface area contributed by atoms with Crippen LogP contribution in [-0.4, -0.2) is 52.7 Å². The lowest BCUT2D eigenvalue weighted by Gasteiger charge is -2.20. The maximum atomic E-state index is 13.1. The molecular formula is C27H23N3O5. The van der Waals surface area contributed by atoms with Gasteiger partial charge in [0.05, 0.1) is 11.6 Å².